The molecular weight excluding hydrogens is 426 g/mol. The van der Waals surface area contributed by atoms with Crippen molar-refractivity contribution in [1.29, 1.82) is 0 Å². The van der Waals surface area contributed by atoms with Crippen LogP contribution < -0.4 is 5.32 Å². The summed E-state index contributed by atoms with van der Waals surface area (Å²) < 4.78 is 27.8. The Bertz CT molecular complexity index is 1300. The van der Waals surface area contributed by atoms with E-state index in [0.29, 0.717) is 10.9 Å². The van der Waals surface area contributed by atoms with E-state index in [1.54, 1.807) is 6.20 Å². The zero-order valence-electron chi connectivity index (χ0n) is 17.8. The van der Waals surface area contributed by atoms with Gasteiger partial charge < -0.3 is 5.32 Å². The third-order valence-electron chi connectivity index (χ3n) is 5.85. The van der Waals surface area contributed by atoms with Crippen LogP contribution >= 0.6 is 0 Å². The fourth-order valence-electron chi connectivity index (χ4n) is 4.18. The standard InChI is InChI=1S/C24H22F2N6O/c25-19-12-28-13-20(26)23(19)29-24(33)22-18-9-16(4-5-21(18)30-31-22)17-8-15(10-27-11-17)14-32-6-2-1-3-7-32/h4-5,8-13H,1-3,6-7,14H2,(H,30,31)(H,28,29,33). The molecule has 5 rings (SSSR count). The van der Waals surface area contributed by atoms with Gasteiger partial charge in [-0.15, -0.1) is 0 Å². The maximum absolute atomic E-state index is 13.9. The summed E-state index contributed by atoms with van der Waals surface area (Å²) in [6.45, 7) is 3.05. The van der Waals surface area contributed by atoms with E-state index in [0.717, 1.165) is 48.7 Å². The number of likely N-dealkylation sites (tertiary alicyclic amines) is 1. The van der Waals surface area contributed by atoms with Crippen molar-refractivity contribution in [3.8, 4) is 11.1 Å². The summed E-state index contributed by atoms with van der Waals surface area (Å²) in [6.07, 6.45) is 9.07. The normalized spacial score (nSPS) is 14.5. The maximum atomic E-state index is 13.9. The highest BCUT2D eigenvalue weighted by atomic mass is 19.1. The number of aromatic nitrogens is 4. The van der Waals surface area contributed by atoms with Gasteiger partial charge in [-0.2, -0.15) is 5.10 Å². The van der Waals surface area contributed by atoms with Gasteiger partial charge in [0.15, 0.2) is 17.3 Å². The number of anilines is 1. The molecule has 168 valence electrons. The second kappa shape index (κ2) is 9.03. The first kappa shape index (κ1) is 21.1. The number of nitrogens with one attached hydrogen (secondary N) is 2. The zero-order valence-corrected chi connectivity index (χ0v) is 17.8. The molecule has 1 fully saturated rings. The molecule has 1 aliphatic rings. The summed E-state index contributed by atoms with van der Waals surface area (Å²) >= 11 is 0. The molecule has 33 heavy (non-hydrogen) atoms. The molecule has 1 amide bonds. The smallest absolute Gasteiger partial charge is 0.276 e. The Morgan fingerprint density at radius 3 is 2.52 bits per heavy atom. The van der Waals surface area contributed by atoms with Crippen molar-refractivity contribution in [2.45, 2.75) is 25.8 Å². The molecular formula is C24H22F2N6O. The van der Waals surface area contributed by atoms with Gasteiger partial charge in [0.05, 0.1) is 17.9 Å². The van der Waals surface area contributed by atoms with Crippen LogP contribution in [0.3, 0.4) is 0 Å². The molecule has 9 heteroatoms. The fraction of sp³-hybridized carbons (Fsp3) is 0.250. The van der Waals surface area contributed by atoms with Crippen molar-refractivity contribution in [3.05, 3.63) is 71.9 Å². The van der Waals surface area contributed by atoms with Gasteiger partial charge in [-0.3, -0.25) is 24.8 Å². The number of hydrogen-bond donors (Lipinski definition) is 2. The van der Waals surface area contributed by atoms with E-state index in [4.69, 9.17) is 0 Å². The molecule has 1 aliphatic heterocycles. The summed E-state index contributed by atoms with van der Waals surface area (Å²) in [4.78, 5) is 23.0. The number of H-pyrrole nitrogens is 1. The Kier molecular flexibility index (Phi) is 5.78. The Hall–Kier alpha value is -3.72. The van der Waals surface area contributed by atoms with Crippen LogP contribution in [0.15, 0.2) is 49.1 Å². The number of hydrogen-bond acceptors (Lipinski definition) is 5. The van der Waals surface area contributed by atoms with E-state index < -0.39 is 23.2 Å². The van der Waals surface area contributed by atoms with Crippen LogP contribution in [0.1, 0.15) is 35.3 Å². The number of piperidine rings is 1. The lowest BCUT2D eigenvalue weighted by Gasteiger charge is -2.26. The van der Waals surface area contributed by atoms with E-state index in [-0.39, 0.29) is 5.69 Å². The molecule has 0 bridgehead atoms. The molecule has 0 unspecified atom stereocenters. The average Bonchev–Trinajstić information content (AvgIpc) is 3.26. The molecule has 1 aromatic carbocycles. The van der Waals surface area contributed by atoms with Gasteiger partial charge in [0.1, 0.15) is 5.69 Å². The lowest BCUT2D eigenvalue weighted by atomic mass is 10.0. The lowest BCUT2D eigenvalue weighted by Crippen LogP contribution is -2.29. The van der Waals surface area contributed by atoms with Crippen LogP contribution in [-0.4, -0.2) is 44.1 Å². The minimum atomic E-state index is -0.958. The highest BCUT2D eigenvalue weighted by molar-refractivity contribution is 6.11. The largest absolute Gasteiger partial charge is 0.316 e. The Morgan fingerprint density at radius 2 is 1.73 bits per heavy atom. The van der Waals surface area contributed by atoms with Crippen molar-refractivity contribution in [3.63, 3.8) is 0 Å². The summed E-state index contributed by atoms with van der Waals surface area (Å²) in [6, 6.07) is 7.67. The predicted molar refractivity (Wildman–Crippen MR) is 121 cm³/mol. The zero-order chi connectivity index (χ0) is 22.8. The molecule has 1 saturated heterocycles. The number of nitrogens with zero attached hydrogens (tertiary/aromatic N) is 4. The number of fused-ring (bicyclic) bond motifs is 1. The number of aromatic amines is 1. The van der Waals surface area contributed by atoms with E-state index >= 15 is 0 Å². The van der Waals surface area contributed by atoms with Crippen molar-refractivity contribution in [2.75, 3.05) is 18.4 Å². The van der Waals surface area contributed by atoms with Crippen LogP contribution in [-0.2, 0) is 6.54 Å². The van der Waals surface area contributed by atoms with E-state index in [1.807, 2.05) is 24.4 Å². The molecule has 0 saturated carbocycles. The van der Waals surface area contributed by atoms with Gasteiger partial charge in [-0.1, -0.05) is 12.5 Å². The lowest BCUT2D eigenvalue weighted by molar-refractivity contribution is 0.102. The third-order valence-corrected chi connectivity index (χ3v) is 5.85. The number of rotatable bonds is 5. The molecule has 0 atom stereocenters. The minimum Gasteiger partial charge on any atom is -0.316 e. The van der Waals surface area contributed by atoms with Crippen LogP contribution in [0.25, 0.3) is 22.0 Å². The number of carbonyl (C=O) groups is 1. The van der Waals surface area contributed by atoms with Gasteiger partial charge in [-0.25, -0.2) is 8.78 Å². The minimum absolute atomic E-state index is 0.0416. The Balaban J connectivity index is 1.42. The van der Waals surface area contributed by atoms with E-state index in [1.165, 1.54) is 19.3 Å². The predicted octanol–water partition coefficient (Wildman–Crippen LogP) is 4.54. The number of carbonyl (C=O) groups excluding carboxylic acids is 1. The number of benzene rings is 1. The number of amides is 1. The molecule has 0 aliphatic carbocycles. The van der Waals surface area contributed by atoms with Gasteiger partial charge in [0.25, 0.3) is 5.91 Å². The summed E-state index contributed by atoms with van der Waals surface area (Å²) in [5.41, 5.74) is 3.04. The Labute approximate surface area is 188 Å². The van der Waals surface area contributed by atoms with Crippen LogP contribution in [0.4, 0.5) is 14.5 Å². The highest BCUT2D eigenvalue weighted by Crippen LogP contribution is 2.27. The number of halogens is 2. The highest BCUT2D eigenvalue weighted by Gasteiger charge is 2.19. The Morgan fingerprint density at radius 1 is 0.970 bits per heavy atom. The van der Waals surface area contributed by atoms with Gasteiger partial charge in [0.2, 0.25) is 0 Å². The monoisotopic (exact) mass is 448 g/mol. The third kappa shape index (κ3) is 4.45. The van der Waals surface area contributed by atoms with Gasteiger partial charge in [-0.05, 0) is 55.3 Å². The topological polar surface area (TPSA) is 86.8 Å². The van der Waals surface area contributed by atoms with E-state index in [9.17, 15) is 13.6 Å². The van der Waals surface area contributed by atoms with Crippen LogP contribution in [0.2, 0.25) is 0 Å². The average molecular weight is 448 g/mol. The second-order valence-corrected chi connectivity index (χ2v) is 8.18. The molecule has 0 radical (unpaired) electrons. The first-order valence-electron chi connectivity index (χ1n) is 10.8. The maximum Gasteiger partial charge on any atom is 0.276 e. The van der Waals surface area contributed by atoms with Gasteiger partial charge >= 0.3 is 0 Å². The van der Waals surface area contributed by atoms with Crippen LogP contribution in [0, 0.1) is 11.6 Å². The molecule has 7 nitrogen and oxygen atoms in total. The van der Waals surface area contributed by atoms with Crippen molar-refractivity contribution >= 4 is 22.5 Å². The summed E-state index contributed by atoms with van der Waals surface area (Å²) in [5, 5.41) is 9.66. The quantitative estimate of drug-likeness (QED) is 0.468. The van der Waals surface area contributed by atoms with Crippen LogP contribution in [0.5, 0.6) is 0 Å². The first-order chi connectivity index (χ1) is 16.1. The molecule has 4 aromatic rings. The second-order valence-electron chi connectivity index (χ2n) is 8.18. The fourth-order valence-corrected chi connectivity index (χ4v) is 4.18. The molecule has 2 N–H and O–H groups in total. The molecule has 4 heterocycles. The summed E-state index contributed by atoms with van der Waals surface area (Å²) in [5.74, 6) is -2.64. The van der Waals surface area contributed by atoms with Crippen molar-refractivity contribution in [2.24, 2.45) is 0 Å². The summed E-state index contributed by atoms with van der Waals surface area (Å²) in [7, 11) is 0. The molecule has 0 spiro atoms. The first-order valence-corrected chi connectivity index (χ1v) is 10.8. The SMILES string of the molecule is O=C(Nc1c(F)cncc1F)c1n[nH]c2ccc(-c3cncc(CN4CCCCC4)c3)cc12. The number of pyridine rings is 2. The van der Waals surface area contributed by atoms with Crippen molar-refractivity contribution < 1.29 is 13.6 Å². The van der Waals surface area contributed by atoms with E-state index in [2.05, 4.69) is 36.4 Å². The van der Waals surface area contributed by atoms with Gasteiger partial charge in [0, 0.05) is 29.9 Å². The molecule has 3 aromatic heterocycles. The van der Waals surface area contributed by atoms with Crippen molar-refractivity contribution in [1.82, 2.24) is 25.1 Å².